The number of benzene rings is 1. The molecule has 2 rings (SSSR count). The second kappa shape index (κ2) is 5.41. The van der Waals surface area contributed by atoms with Gasteiger partial charge in [-0.25, -0.2) is 0 Å². The fraction of sp³-hybridized carbons (Fsp3) is 0.647. The maximum atomic E-state index is 10.5. The fourth-order valence-electron chi connectivity index (χ4n) is 3.92. The molecule has 0 bridgehead atoms. The van der Waals surface area contributed by atoms with Gasteiger partial charge in [-0.2, -0.15) is 0 Å². The molecular formula is C17H28OSi. The van der Waals surface area contributed by atoms with E-state index >= 15 is 0 Å². The van der Waals surface area contributed by atoms with Crippen LogP contribution in [0.4, 0.5) is 0 Å². The van der Waals surface area contributed by atoms with E-state index in [0.717, 1.165) is 0 Å². The molecule has 0 heterocycles. The highest BCUT2D eigenvalue weighted by molar-refractivity contribution is 6.91. The van der Waals surface area contributed by atoms with Gasteiger partial charge in [0.15, 0.2) is 0 Å². The smallest absolute Gasteiger partial charge is 0.0840 e. The van der Waals surface area contributed by atoms with Gasteiger partial charge in [0.2, 0.25) is 0 Å². The maximum absolute atomic E-state index is 10.5. The summed E-state index contributed by atoms with van der Waals surface area (Å²) in [4.78, 5) is 0. The topological polar surface area (TPSA) is 20.2 Å². The van der Waals surface area contributed by atoms with E-state index in [1.54, 1.807) is 0 Å². The molecule has 1 saturated carbocycles. The molecule has 0 radical (unpaired) electrons. The molecule has 2 heteroatoms. The summed E-state index contributed by atoms with van der Waals surface area (Å²) >= 11 is 0. The van der Waals surface area contributed by atoms with Crippen LogP contribution in [0.1, 0.15) is 39.5 Å². The number of aliphatic hydroxyl groups is 1. The average Bonchev–Trinajstić information content (AvgIpc) is 2.39. The molecule has 0 spiro atoms. The van der Waals surface area contributed by atoms with Crippen LogP contribution in [0.25, 0.3) is 0 Å². The molecule has 2 atom stereocenters. The van der Waals surface area contributed by atoms with Gasteiger partial charge in [0.1, 0.15) is 0 Å². The van der Waals surface area contributed by atoms with E-state index < -0.39 is 13.7 Å². The van der Waals surface area contributed by atoms with Crippen LogP contribution in [0.3, 0.4) is 0 Å². The second-order valence-corrected chi connectivity index (χ2v) is 12.0. The molecule has 1 aliphatic rings. The summed E-state index contributed by atoms with van der Waals surface area (Å²) in [5.41, 5.74) is 0.160. The third kappa shape index (κ3) is 3.11. The molecule has 0 unspecified atom stereocenters. The van der Waals surface area contributed by atoms with Gasteiger partial charge < -0.3 is 5.11 Å². The van der Waals surface area contributed by atoms with Gasteiger partial charge in [-0.1, -0.05) is 67.9 Å². The first-order valence-electron chi connectivity index (χ1n) is 7.61. The van der Waals surface area contributed by atoms with Crippen molar-refractivity contribution < 1.29 is 5.11 Å². The zero-order chi connectivity index (χ0) is 14.1. The zero-order valence-corrected chi connectivity index (χ0v) is 13.8. The molecule has 19 heavy (non-hydrogen) atoms. The van der Waals surface area contributed by atoms with Crippen molar-refractivity contribution in [2.45, 2.75) is 63.8 Å². The van der Waals surface area contributed by atoms with E-state index in [1.165, 1.54) is 30.9 Å². The van der Waals surface area contributed by atoms with Crippen molar-refractivity contribution in [3.63, 3.8) is 0 Å². The lowest BCUT2D eigenvalue weighted by Crippen LogP contribution is -2.53. The molecule has 0 saturated heterocycles. The molecule has 0 aliphatic heterocycles. The molecule has 1 fully saturated rings. The Morgan fingerprint density at radius 1 is 1.05 bits per heavy atom. The van der Waals surface area contributed by atoms with Gasteiger partial charge in [0.05, 0.1) is 13.7 Å². The quantitative estimate of drug-likeness (QED) is 0.829. The van der Waals surface area contributed by atoms with Crippen LogP contribution in [-0.2, 0) is 0 Å². The maximum Gasteiger partial charge on any atom is 0.0840 e. The molecule has 0 aromatic heterocycles. The molecule has 1 N–H and O–H groups in total. The van der Waals surface area contributed by atoms with E-state index in [0.29, 0.717) is 11.5 Å². The minimum Gasteiger partial charge on any atom is -0.390 e. The van der Waals surface area contributed by atoms with Gasteiger partial charge in [0.25, 0.3) is 0 Å². The minimum absolute atomic E-state index is 0.461. The van der Waals surface area contributed by atoms with Crippen LogP contribution in [0.2, 0.25) is 18.6 Å². The first-order valence-corrected chi connectivity index (χ1v) is 10.7. The van der Waals surface area contributed by atoms with Crippen LogP contribution < -0.4 is 5.19 Å². The summed E-state index contributed by atoms with van der Waals surface area (Å²) < 4.78 is 0. The Hall–Kier alpha value is -0.603. The Balaban J connectivity index is 2.32. The van der Waals surface area contributed by atoms with Gasteiger partial charge in [-0.3, -0.25) is 0 Å². The minimum atomic E-state index is -1.51. The SMILES string of the molecule is CC(C)(O)[C@@H]1CCCC[C@H]1[Si](C)(C)c1ccccc1. The van der Waals surface area contributed by atoms with Crippen molar-refractivity contribution in [2.24, 2.45) is 5.92 Å². The van der Waals surface area contributed by atoms with Crippen LogP contribution in [0.15, 0.2) is 30.3 Å². The van der Waals surface area contributed by atoms with E-state index in [2.05, 4.69) is 43.4 Å². The molecular weight excluding hydrogens is 248 g/mol. The second-order valence-electron chi connectivity index (χ2n) is 7.24. The lowest BCUT2D eigenvalue weighted by molar-refractivity contribution is 0.0000436. The first-order chi connectivity index (χ1) is 8.83. The lowest BCUT2D eigenvalue weighted by atomic mass is 9.78. The lowest BCUT2D eigenvalue weighted by Gasteiger charge is -2.46. The standard InChI is InChI=1S/C17H28OSi/c1-17(2,18)15-12-8-9-13-16(15)19(3,4)14-10-6-5-7-11-14/h5-7,10-11,15-16,18H,8-9,12-13H2,1-4H3/t15-,16-/m1/s1. The van der Waals surface area contributed by atoms with Crippen molar-refractivity contribution >= 4 is 13.3 Å². The summed E-state index contributed by atoms with van der Waals surface area (Å²) in [6.07, 6.45) is 5.10. The first kappa shape index (κ1) is 14.8. The molecule has 1 nitrogen and oxygen atoms in total. The van der Waals surface area contributed by atoms with E-state index in [4.69, 9.17) is 0 Å². The fourth-order valence-corrected chi connectivity index (χ4v) is 7.91. The summed E-state index contributed by atoms with van der Waals surface area (Å²) in [5.74, 6) is 0.461. The zero-order valence-electron chi connectivity index (χ0n) is 12.8. The number of rotatable bonds is 3. The van der Waals surface area contributed by atoms with Gasteiger partial charge >= 0.3 is 0 Å². The number of hydrogen-bond donors (Lipinski definition) is 1. The van der Waals surface area contributed by atoms with Crippen molar-refractivity contribution in [3.05, 3.63) is 30.3 Å². The highest BCUT2D eigenvalue weighted by Gasteiger charge is 2.44. The van der Waals surface area contributed by atoms with Gasteiger partial charge in [0, 0.05) is 0 Å². The van der Waals surface area contributed by atoms with Crippen LogP contribution in [0.5, 0.6) is 0 Å². The van der Waals surface area contributed by atoms with Crippen LogP contribution in [0, 0.1) is 5.92 Å². The van der Waals surface area contributed by atoms with Crippen molar-refractivity contribution in [3.8, 4) is 0 Å². The number of hydrogen-bond acceptors (Lipinski definition) is 1. The predicted molar refractivity (Wildman–Crippen MR) is 85.6 cm³/mol. The molecule has 1 aromatic rings. The molecule has 1 aliphatic carbocycles. The molecule has 0 amide bonds. The van der Waals surface area contributed by atoms with Crippen molar-refractivity contribution in [2.75, 3.05) is 0 Å². The summed E-state index contributed by atoms with van der Waals surface area (Å²) in [7, 11) is -1.51. The Morgan fingerprint density at radius 2 is 1.63 bits per heavy atom. The van der Waals surface area contributed by atoms with E-state index in [9.17, 15) is 5.11 Å². The van der Waals surface area contributed by atoms with Gasteiger partial charge in [-0.05, 0) is 31.7 Å². The molecule has 1 aromatic carbocycles. The highest BCUT2D eigenvalue weighted by Crippen LogP contribution is 2.46. The van der Waals surface area contributed by atoms with Crippen molar-refractivity contribution in [1.29, 1.82) is 0 Å². The monoisotopic (exact) mass is 276 g/mol. The van der Waals surface area contributed by atoms with Crippen LogP contribution in [-0.4, -0.2) is 18.8 Å². The average molecular weight is 276 g/mol. The molecule has 106 valence electrons. The Labute approximate surface area is 119 Å². The van der Waals surface area contributed by atoms with Crippen molar-refractivity contribution in [1.82, 2.24) is 0 Å². The third-order valence-corrected chi connectivity index (χ3v) is 9.48. The third-order valence-electron chi connectivity index (χ3n) is 5.12. The Bertz CT molecular complexity index is 405. The van der Waals surface area contributed by atoms with E-state index in [1.807, 2.05) is 13.8 Å². The normalized spacial score (nSPS) is 25.3. The van der Waals surface area contributed by atoms with Crippen LogP contribution >= 0.6 is 0 Å². The highest BCUT2D eigenvalue weighted by atomic mass is 28.3. The predicted octanol–water partition coefficient (Wildman–Crippen LogP) is 3.93. The summed E-state index contributed by atoms with van der Waals surface area (Å²) in [5, 5.41) is 12.1. The summed E-state index contributed by atoms with van der Waals surface area (Å²) in [6.45, 7) is 8.98. The summed E-state index contributed by atoms with van der Waals surface area (Å²) in [6, 6.07) is 11.0. The van der Waals surface area contributed by atoms with E-state index in [-0.39, 0.29) is 0 Å². The van der Waals surface area contributed by atoms with Gasteiger partial charge in [-0.15, -0.1) is 0 Å². The Morgan fingerprint density at radius 3 is 2.21 bits per heavy atom. The largest absolute Gasteiger partial charge is 0.390 e. The Kier molecular flexibility index (Phi) is 4.22.